The van der Waals surface area contributed by atoms with Gasteiger partial charge >= 0.3 is 0 Å². The molecule has 2 rings (SSSR count). The number of benzene rings is 1. The quantitative estimate of drug-likeness (QED) is 0.853. The van der Waals surface area contributed by atoms with E-state index in [1.807, 2.05) is 0 Å². The van der Waals surface area contributed by atoms with E-state index >= 15 is 0 Å². The number of nitrogens with zero attached hydrogens (tertiary/aromatic N) is 1. The van der Waals surface area contributed by atoms with Crippen molar-refractivity contribution >= 4 is 44.6 Å². The highest BCUT2D eigenvalue weighted by Gasteiger charge is 2.35. The van der Waals surface area contributed by atoms with Gasteiger partial charge in [0.2, 0.25) is 5.91 Å². The van der Waals surface area contributed by atoms with Gasteiger partial charge in [-0.05, 0) is 18.6 Å². The molecule has 1 saturated heterocycles. The second-order valence-electron chi connectivity index (χ2n) is 4.75. The summed E-state index contributed by atoms with van der Waals surface area (Å²) in [6, 6.07) is 4.65. The first-order chi connectivity index (χ1) is 9.35. The molecular formula is C13H15Cl2NO3S. The van der Waals surface area contributed by atoms with Gasteiger partial charge < -0.3 is 4.90 Å². The molecule has 1 aromatic carbocycles. The Balaban J connectivity index is 2.44. The summed E-state index contributed by atoms with van der Waals surface area (Å²) in [5, 5.41) is 0.624. The van der Waals surface area contributed by atoms with Crippen molar-refractivity contribution in [3.63, 3.8) is 0 Å². The van der Waals surface area contributed by atoms with Gasteiger partial charge in [-0.15, -0.1) is 0 Å². The van der Waals surface area contributed by atoms with Gasteiger partial charge in [0.15, 0.2) is 9.84 Å². The van der Waals surface area contributed by atoms with Crippen molar-refractivity contribution < 1.29 is 13.2 Å². The van der Waals surface area contributed by atoms with Crippen LogP contribution in [0, 0.1) is 0 Å². The number of hydrogen-bond donors (Lipinski definition) is 0. The second kappa shape index (κ2) is 5.92. The summed E-state index contributed by atoms with van der Waals surface area (Å²) in [5.41, 5.74) is 0.480. The Morgan fingerprint density at radius 3 is 2.65 bits per heavy atom. The average Bonchev–Trinajstić information content (AvgIpc) is 2.74. The molecule has 1 aliphatic heterocycles. The van der Waals surface area contributed by atoms with Crippen LogP contribution in [0.25, 0.3) is 0 Å². The average molecular weight is 336 g/mol. The first kappa shape index (κ1) is 15.6. The Hall–Kier alpha value is -0.780. The Bertz CT molecular complexity index is 631. The third kappa shape index (κ3) is 3.10. The molecule has 1 aliphatic rings. The fraction of sp³-hybridized carbons (Fsp3) is 0.462. The van der Waals surface area contributed by atoms with Gasteiger partial charge in [0, 0.05) is 6.42 Å². The van der Waals surface area contributed by atoms with Gasteiger partial charge in [0.05, 0.1) is 33.3 Å². The molecule has 0 bridgehead atoms. The number of anilines is 1. The van der Waals surface area contributed by atoms with E-state index in [1.165, 1.54) is 4.90 Å². The van der Waals surface area contributed by atoms with E-state index < -0.39 is 9.84 Å². The van der Waals surface area contributed by atoms with Crippen LogP contribution in [0.15, 0.2) is 18.2 Å². The van der Waals surface area contributed by atoms with E-state index in [4.69, 9.17) is 23.2 Å². The second-order valence-corrected chi connectivity index (χ2v) is 7.76. The minimum absolute atomic E-state index is 0.0262. The highest BCUT2D eigenvalue weighted by atomic mass is 35.5. The lowest BCUT2D eigenvalue weighted by atomic mass is 10.1. The summed E-state index contributed by atoms with van der Waals surface area (Å²) < 4.78 is 23.3. The van der Waals surface area contributed by atoms with Crippen LogP contribution >= 0.6 is 23.2 Å². The highest BCUT2D eigenvalue weighted by Crippen LogP contribution is 2.35. The lowest BCUT2D eigenvalue weighted by Crippen LogP contribution is -2.41. The SMILES string of the molecule is CCC(=O)N(c1cccc(Cl)c1Cl)C1CCS(=O)(=O)C1. The zero-order valence-corrected chi connectivity index (χ0v) is 13.3. The van der Waals surface area contributed by atoms with Crippen LogP contribution in [-0.2, 0) is 14.6 Å². The lowest BCUT2D eigenvalue weighted by molar-refractivity contribution is -0.118. The van der Waals surface area contributed by atoms with Crippen LogP contribution < -0.4 is 4.90 Å². The van der Waals surface area contributed by atoms with Crippen molar-refractivity contribution in [2.75, 3.05) is 16.4 Å². The largest absolute Gasteiger partial charge is 0.307 e. The molecule has 1 atom stereocenters. The molecule has 0 saturated carbocycles. The summed E-state index contributed by atoms with van der Waals surface area (Å²) in [6.07, 6.45) is 0.705. The maximum absolute atomic E-state index is 12.2. The van der Waals surface area contributed by atoms with Crippen molar-refractivity contribution in [1.29, 1.82) is 0 Å². The minimum atomic E-state index is -3.08. The molecule has 0 N–H and O–H groups in total. The molecule has 0 radical (unpaired) electrons. The molecule has 0 aromatic heterocycles. The fourth-order valence-corrected chi connectivity index (χ4v) is 4.45. The molecule has 1 heterocycles. The normalized spacial score (nSPS) is 20.9. The fourth-order valence-electron chi connectivity index (χ4n) is 2.36. The first-order valence-corrected chi connectivity index (χ1v) is 8.90. The van der Waals surface area contributed by atoms with Gasteiger partial charge in [-0.25, -0.2) is 8.42 Å². The number of rotatable bonds is 3. The lowest BCUT2D eigenvalue weighted by Gasteiger charge is -2.29. The van der Waals surface area contributed by atoms with E-state index in [1.54, 1.807) is 25.1 Å². The molecule has 20 heavy (non-hydrogen) atoms. The predicted molar refractivity (Wildman–Crippen MR) is 81.3 cm³/mol. The van der Waals surface area contributed by atoms with E-state index in [0.717, 1.165) is 0 Å². The van der Waals surface area contributed by atoms with E-state index in [9.17, 15) is 13.2 Å². The summed E-state index contributed by atoms with van der Waals surface area (Å²) in [5.74, 6) is -0.0819. The summed E-state index contributed by atoms with van der Waals surface area (Å²) >= 11 is 12.1. The van der Waals surface area contributed by atoms with E-state index in [0.29, 0.717) is 17.1 Å². The first-order valence-electron chi connectivity index (χ1n) is 6.32. The van der Waals surface area contributed by atoms with Crippen molar-refractivity contribution in [2.24, 2.45) is 0 Å². The Labute approximate surface area is 128 Å². The van der Waals surface area contributed by atoms with E-state index in [2.05, 4.69) is 0 Å². The third-order valence-electron chi connectivity index (χ3n) is 3.34. The van der Waals surface area contributed by atoms with Gasteiger partial charge in [0.25, 0.3) is 0 Å². The molecule has 1 fully saturated rings. The monoisotopic (exact) mass is 335 g/mol. The number of carbonyl (C=O) groups is 1. The molecule has 110 valence electrons. The van der Waals surface area contributed by atoms with E-state index in [-0.39, 0.29) is 34.9 Å². The molecule has 7 heteroatoms. The number of amides is 1. The van der Waals surface area contributed by atoms with Crippen molar-refractivity contribution in [3.05, 3.63) is 28.2 Å². The van der Waals surface area contributed by atoms with Gasteiger partial charge in [-0.1, -0.05) is 36.2 Å². The summed E-state index contributed by atoms with van der Waals surface area (Å²) in [4.78, 5) is 13.7. The summed E-state index contributed by atoms with van der Waals surface area (Å²) in [6.45, 7) is 1.73. The minimum Gasteiger partial charge on any atom is -0.307 e. The Kier molecular flexibility index (Phi) is 4.62. The standard InChI is InChI=1S/C13H15Cl2NO3S/c1-2-12(17)16(9-6-7-20(18,19)8-9)11-5-3-4-10(14)13(11)15/h3-5,9H,2,6-8H2,1H3. The van der Waals surface area contributed by atoms with Crippen LogP contribution in [0.2, 0.25) is 10.0 Å². The van der Waals surface area contributed by atoms with Crippen molar-refractivity contribution in [2.45, 2.75) is 25.8 Å². The number of halogens is 2. The number of hydrogen-bond acceptors (Lipinski definition) is 3. The number of sulfone groups is 1. The topological polar surface area (TPSA) is 54.5 Å². The summed E-state index contributed by atoms with van der Waals surface area (Å²) in [7, 11) is -3.08. The molecule has 1 unspecified atom stereocenters. The van der Waals surface area contributed by atoms with Crippen molar-refractivity contribution in [1.82, 2.24) is 0 Å². The molecule has 0 spiro atoms. The molecular weight excluding hydrogens is 321 g/mol. The Morgan fingerprint density at radius 2 is 2.10 bits per heavy atom. The van der Waals surface area contributed by atoms with Crippen LogP contribution in [0.5, 0.6) is 0 Å². The molecule has 1 amide bonds. The molecule has 0 aliphatic carbocycles. The Morgan fingerprint density at radius 1 is 1.40 bits per heavy atom. The number of carbonyl (C=O) groups excluding carboxylic acids is 1. The zero-order valence-electron chi connectivity index (χ0n) is 11.0. The van der Waals surface area contributed by atoms with Crippen LogP contribution in [0.4, 0.5) is 5.69 Å². The van der Waals surface area contributed by atoms with Gasteiger partial charge in [-0.2, -0.15) is 0 Å². The van der Waals surface area contributed by atoms with Gasteiger partial charge in [0.1, 0.15) is 0 Å². The van der Waals surface area contributed by atoms with Crippen molar-refractivity contribution in [3.8, 4) is 0 Å². The predicted octanol–water partition coefficient (Wildman–Crippen LogP) is 2.92. The maximum atomic E-state index is 12.2. The smallest absolute Gasteiger partial charge is 0.227 e. The third-order valence-corrected chi connectivity index (χ3v) is 5.89. The van der Waals surface area contributed by atoms with Crippen LogP contribution in [-0.4, -0.2) is 31.9 Å². The van der Waals surface area contributed by atoms with Crippen LogP contribution in [0.1, 0.15) is 19.8 Å². The molecule has 1 aromatic rings. The van der Waals surface area contributed by atoms with Crippen LogP contribution in [0.3, 0.4) is 0 Å². The zero-order chi connectivity index (χ0) is 14.9. The molecule has 4 nitrogen and oxygen atoms in total. The maximum Gasteiger partial charge on any atom is 0.227 e. The van der Waals surface area contributed by atoms with Gasteiger partial charge in [-0.3, -0.25) is 4.79 Å². The highest BCUT2D eigenvalue weighted by molar-refractivity contribution is 7.91.